The van der Waals surface area contributed by atoms with Gasteiger partial charge in [-0.1, -0.05) is 48.0 Å². The summed E-state index contributed by atoms with van der Waals surface area (Å²) in [6, 6.07) is 16.1. The SMILES string of the molecule is N=C[C@@H]1C[C@H](O)C[C@H](n2cc(Cc3ccccc3)c3c(Cl)cccc32)O1. The Bertz CT molecular complexity index is 922. The van der Waals surface area contributed by atoms with Crippen molar-refractivity contribution in [2.24, 2.45) is 0 Å². The first-order valence-electron chi connectivity index (χ1n) is 8.81. The normalized spacial score (nSPS) is 23.2. The number of ether oxygens (including phenoxy) is 1. The lowest BCUT2D eigenvalue weighted by Gasteiger charge is -2.32. The quantitative estimate of drug-likeness (QED) is 0.662. The third-order valence-corrected chi connectivity index (χ3v) is 5.24. The van der Waals surface area contributed by atoms with E-state index in [1.807, 2.05) is 36.4 Å². The molecular formula is C21H21ClN2O2. The van der Waals surface area contributed by atoms with Gasteiger partial charge in [0.2, 0.25) is 0 Å². The molecule has 0 bridgehead atoms. The van der Waals surface area contributed by atoms with Crippen LogP contribution >= 0.6 is 11.6 Å². The third kappa shape index (κ3) is 3.28. The van der Waals surface area contributed by atoms with Crippen LogP contribution < -0.4 is 0 Å². The number of hydrogen-bond acceptors (Lipinski definition) is 3. The predicted molar refractivity (Wildman–Crippen MR) is 104 cm³/mol. The second kappa shape index (κ2) is 7.23. The smallest absolute Gasteiger partial charge is 0.137 e. The molecule has 2 aromatic carbocycles. The van der Waals surface area contributed by atoms with Crippen molar-refractivity contribution in [1.82, 2.24) is 4.57 Å². The Labute approximate surface area is 157 Å². The number of nitrogens with zero attached hydrogens (tertiary/aromatic N) is 1. The molecule has 3 aromatic rings. The van der Waals surface area contributed by atoms with E-state index in [1.165, 1.54) is 11.8 Å². The van der Waals surface area contributed by atoms with Crippen LogP contribution in [-0.4, -0.2) is 28.1 Å². The fourth-order valence-electron chi connectivity index (χ4n) is 3.73. The maximum Gasteiger partial charge on any atom is 0.137 e. The molecule has 5 heteroatoms. The lowest BCUT2D eigenvalue weighted by molar-refractivity contribution is -0.0998. The zero-order chi connectivity index (χ0) is 18.1. The number of aromatic nitrogens is 1. The lowest BCUT2D eigenvalue weighted by Crippen LogP contribution is -2.34. The summed E-state index contributed by atoms with van der Waals surface area (Å²) in [6.45, 7) is 0. The molecule has 134 valence electrons. The van der Waals surface area contributed by atoms with E-state index in [-0.39, 0.29) is 12.3 Å². The number of hydrogen-bond donors (Lipinski definition) is 2. The van der Waals surface area contributed by atoms with Gasteiger partial charge in [-0.25, -0.2) is 0 Å². The molecule has 0 spiro atoms. The number of benzene rings is 2. The van der Waals surface area contributed by atoms with Crippen molar-refractivity contribution in [2.45, 2.75) is 37.7 Å². The molecule has 3 atom stereocenters. The zero-order valence-electron chi connectivity index (χ0n) is 14.3. The molecular weight excluding hydrogens is 348 g/mol. The van der Waals surface area contributed by atoms with Crippen molar-refractivity contribution >= 4 is 28.7 Å². The summed E-state index contributed by atoms with van der Waals surface area (Å²) in [5.74, 6) is 0. The minimum atomic E-state index is -0.477. The number of nitrogens with one attached hydrogen (secondary N) is 1. The molecule has 2 heterocycles. The first-order valence-corrected chi connectivity index (χ1v) is 9.19. The van der Waals surface area contributed by atoms with Gasteiger partial charge in [-0.3, -0.25) is 0 Å². The van der Waals surface area contributed by atoms with Gasteiger partial charge in [0.25, 0.3) is 0 Å². The van der Waals surface area contributed by atoms with E-state index < -0.39 is 6.10 Å². The van der Waals surface area contributed by atoms with Gasteiger partial charge in [0, 0.05) is 30.6 Å². The van der Waals surface area contributed by atoms with Crippen molar-refractivity contribution in [2.75, 3.05) is 0 Å². The summed E-state index contributed by atoms with van der Waals surface area (Å²) in [7, 11) is 0. The highest BCUT2D eigenvalue weighted by Gasteiger charge is 2.29. The maximum atomic E-state index is 10.2. The zero-order valence-corrected chi connectivity index (χ0v) is 15.1. The van der Waals surface area contributed by atoms with Crippen LogP contribution in [0.5, 0.6) is 0 Å². The molecule has 1 aliphatic rings. The number of rotatable bonds is 4. The van der Waals surface area contributed by atoms with E-state index in [9.17, 15) is 5.11 Å². The van der Waals surface area contributed by atoms with Crippen LogP contribution in [0.1, 0.15) is 30.2 Å². The van der Waals surface area contributed by atoms with Crippen molar-refractivity contribution in [3.63, 3.8) is 0 Å². The van der Waals surface area contributed by atoms with E-state index >= 15 is 0 Å². The Hall–Kier alpha value is -2.14. The number of aliphatic hydroxyl groups is 1. The molecule has 0 saturated carbocycles. The molecule has 0 unspecified atom stereocenters. The molecule has 4 rings (SSSR count). The fraction of sp³-hybridized carbons (Fsp3) is 0.286. The first-order chi connectivity index (χ1) is 12.7. The van der Waals surface area contributed by atoms with E-state index in [1.54, 1.807) is 0 Å². The van der Waals surface area contributed by atoms with Gasteiger partial charge in [-0.15, -0.1) is 0 Å². The summed E-state index contributed by atoms with van der Waals surface area (Å²) >= 11 is 6.53. The monoisotopic (exact) mass is 368 g/mol. The Morgan fingerprint density at radius 3 is 2.73 bits per heavy atom. The summed E-state index contributed by atoms with van der Waals surface area (Å²) in [4.78, 5) is 0. The third-order valence-electron chi connectivity index (χ3n) is 4.93. The summed E-state index contributed by atoms with van der Waals surface area (Å²) in [5.41, 5.74) is 3.34. The molecule has 2 N–H and O–H groups in total. The molecule has 1 saturated heterocycles. The predicted octanol–water partition coefficient (Wildman–Crippen LogP) is 4.57. The Balaban J connectivity index is 1.78. The number of halogens is 1. The van der Waals surface area contributed by atoms with Crippen LogP contribution in [0.15, 0.2) is 54.7 Å². The minimum absolute atomic E-state index is 0.309. The van der Waals surface area contributed by atoms with Crippen LogP contribution in [-0.2, 0) is 11.2 Å². The van der Waals surface area contributed by atoms with Gasteiger partial charge in [0.1, 0.15) is 6.23 Å². The lowest BCUT2D eigenvalue weighted by atomic mass is 10.0. The van der Waals surface area contributed by atoms with Crippen molar-refractivity contribution < 1.29 is 9.84 Å². The highest BCUT2D eigenvalue weighted by Crippen LogP contribution is 2.35. The van der Waals surface area contributed by atoms with Gasteiger partial charge >= 0.3 is 0 Å². The largest absolute Gasteiger partial charge is 0.393 e. The van der Waals surface area contributed by atoms with E-state index in [0.29, 0.717) is 17.9 Å². The molecule has 4 nitrogen and oxygen atoms in total. The molecule has 0 amide bonds. The number of aliphatic hydroxyl groups excluding tert-OH is 1. The van der Waals surface area contributed by atoms with Crippen molar-refractivity contribution in [3.8, 4) is 0 Å². The highest BCUT2D eigenvalue weighted by molar-refractivity contribution is 6.35. The summed E-state index contributed by atoms with van der Waals surface area (Å²) in [5, 5.41) is 19.4. The summed E-state index contributed by atoms with van der Waals surface area (Å²) < 4.78 is 8.07. The van der Waals surface area contributed by atoms with Gasteiger partial charge in [0.05, 0.1) is 22.7 Å². The van der Waals surface area contributed by atoms with Gasteiger partial charge in [-0.05, 0) is 29.7 Å². The highest BCUT2D eigenvalue weighted by atomic mass is 35.5. The van der Waals surface area contributed by atoms with Crippen molar-refractivity contribution in [1.29, 1.82) is 5.41 Å². The minimum Gasteiger partial charge on any atom is -0.393 e. The molecule has 0 aliphatic carbocycles. The molecule has 1 fully saturated rings. The average molecular weight is 369 g/mol. The molecule has 1 aliphatic heterocycles. The van der Waals surface area contributed by atoms with Crippen LogP contribution in [0.25, 0.3) is 10.9 Å². The van der Waals surface area contributed by atoms with Gasteiger partial charge < -0.3 is 19.8 Å². The first kappa shape index (κ1) is 17.3. The second-order valence-corrected chi connectivity index (χ2v) is 7.19. The van der Waals surface area contributed by atoms with Crippen LogP contribution in [0, 0.1) is 5.41 Å². The second-order valence-electron chi connectivity index (χ2n) is 6.78. The van der Waals surface area contributed by atoms with E-state index in [0.717, 1.165) is 22.9 Å². The molecule has 0 radical (unpaired) electrons. The average Bonchev–Trinajstić information content (AvgIpc) is 3.02. The van der Waals surface area contributed by atoms with Crippen LogP contribution in [0.3, 0.4) is 0 Å². The van der Waals surface area contributed by atoms with Gasteiger partial charge in [0.15, 0.2) is 0 Å². The van der Waals surface area contributed by atoms with Crippen LogP contribution in [0.2, 0.25) is 5.02 Å². The van der Waals surface area contributed by atoms with Crippen LogP contribution in [0.4, 0.5) is 0 Å². The van der Waals surface area contributed by atoms with Gasteiger partial charge in [-0.2, -0.15) is 0 Å². The standard InChI is InChI=1S/C21H21ClN2O2/c22-18-7-4-8-19-21(18)15(9-14-5-2-1-3-6-14)13-24(19)20-11-16(25)10-17(12-23)26-20/h1-8,12-13,16-17,20,23,25H,9-11H2/t16-,17-,20+/m0/s1. The molecule has 1 aromatic heterocycles. The van der Waals surface area contributed by atoms with E-state index in [4.69, 9.17) is 21.7 Å². The number of fused-ring (bicyclic) bond motifs is 1. The van der Waals surface area contributed by atoms with E-state index in [2.05, 4.69) is 22.9 Å². The molecule has 26 heavy (non-hydrogen) atoms. The summed E-state index contributed by atoms with van der Waals surface area (Å²) in [6.07, 6.45) is 3.94. The topological polar surface area (TPSA) is 58.2 Å². The fourth-order valence-corrected chi connectivity index (χ4v) is 4.02. The maximum absolute atomic E-state index is 10.2. The Kier molecular flexibility index (Phi) is 4.81. The Morgan fingerprint density at radius 1 is 1.15 bits per heavy atom. The van der Waals surface area contributed by atoms with Crippen molar-refractivity contribution in [3.05, 3.63) is 70.9 Å². The Morgan fingerprint density at radius 2 is 1.96 bits per heavy atom.